The lowest BCUT2D eigenvalue weighted by atomic mass is 9.86. The van der Waals surface area contributed by atoms with Crippen molar-refractivity contribution in [1.29, 1.82) is 0 Å². The molecule has 0 unspecified atom stereocenters. The van der Waals surface area contributed by atoms with E-state index in [1.807, 2.05) is 18.5 Å². The van der Waals surface area contributed by atoms with Gasteiger partial charge in [-0.1, -0.05) is 145 Å². The number of fused-ring (bicyclic) bond motifs is 5. The minimum absolute atomic E-state index is 0.00550. The predicted octanol–water partition coefficient (Wildman–Crippen LogP) is 14.6. The van der Waals surface area contributed by atoms with Gasteiger partial charge in [0.1, 0.15) is 10.5 Å². The predicted molar refractivity (Wildman–Crippen MR) is 246 cm³/mol. The third kappa shape index (κ3) is 6.18. The number of benzene rings is 6. The Bertz CT molecular complexity index is 3170. The van der Waals surface area contributed by atoms with Crippen LogP contribution in [0.3, 0.4) is 0 Å². The van der Waals surface area contributed by atoms with Gasteiger partial charge in [-0.05, 0) is 81.1 Å². The van der Waals surface area contributed by atoms with E-state index in [0.29, 0.717) is 0 Å². The molecule has 5 heteroatoms. The van der Waals surface area contributed by atoms with E-state index in [1.165, 1.54) is 33.0 Å². The van der Waals surface area contributed by atoms with Gasteiger partial charge < -0.3 is 4.57 Å². The van der Waals surface area contributed by atoms with Crippen LogP contribution in [0.4, 0.5) is 0 Å². The van der Waals surface area contributed by atoms with E-state index < -0.39 is 0 Å². The van der Waals surface area contributed by atoms with E-state index in [-0.39, 0.29) is 10.8 Å². The Morgan fingerprint density at radius 1 is 0.500 bits per heavy atom. The van der Waals surface area contributed by atoms with Gasteiger partial charge >= 0.3 is 0 Å². The number of aromatic nitrogens is 4. The Kier molecular flexibility index (Phi) is 8.43. The maximum atomic E-state index is 5.57. The number of para-hydroxylation sites is 1. The van der Waals surface area contributed by atoms with Crippen molar-refractivity contribution in [3.8, 4) is 49.8 Å². The molecule has 0 aliphatic heterocycles. The fourth-order valence-electron chi connectivity index (χ4n) is 8.24. The highest BCUT2D eigenvalue weighted by molar-refractivity contribution is 7.21. The quantitative estimate of drug-likeness (QED) is 0.175. The fourth-order valence-corrected chi connectivity index (χ4v) is 9.31. The molecule has 10 aromatic rings. The highest BCUT2D eigenvalue weighted by Crippen LogP contribution is 2.44. The molecule has 58 heavy (non-hydrogen) atoms. The first-order valence-corrected chi connectivity index (χ1v) is 20.8. The van der Waals surface area contributed by atoms with Crippen LogP contribution in [0, 0.1) is 0 Å². The molecule has 0 amide bonds. The molecular formula is C53H44N4S. The average Bonchev–Trinajstić information content (AvgIpc) is 3.82. The Morgan fingerprint density at radius 3 is 2.02 bits per heavy atom. The first kappa shape index (κ1) is 35.9. The highest BCUT2D eigenvalue weighted by Gasteiger charge is 2.23. The van der Waals surface area contributed by atoms with Crippen LogP contribution in [0.25, 0.3) is 92.7 Å². The summed E-state index contributed by atoms with van der Waals surface area (Å²) in [6.07, 6.45) is 3.92. The maximum absolute atomic E-state index is 5.57. The zero-order chi connectivity index (χ0) is 39.8. The van der Waals surface area contributed by atoms with Crippen LogP contribution in [-0.4, -0.2) is 19.5 Å². The second-order valence-electron chi connectivity index (χ2n) is 17.4. The number of rotatable bonds is 5. The summed E-state index contributed by atoms with van der Waals surface area (Å²) in [4.78, 5) is 15.5. The summed E-state index contributed by atoms with van der Waals surface area (Å²) in [7, 11) is 0. The molecule has 282 valence electrons. The van der Waals surface area contributed by atoms with E-state index in [2.05, 4.69) is 186 Å². The molecule has 4 heterocycles. The van der Waals surface area contributed by atoms with E-state index in [9.17, 15) is 0 Å². The zero-order valence-corrected chi connectivity index (χ0v) is 34.5. The number of nitrogens with zero attached hydrogens (tertiary/aromatic N) is 4. The normalized spacial score (nSPS) is 12.3. The SMILES string of the molecule is CC(C)(C)c1ccc(-c2cc(-n3c4ccc(C(C)(C)C)cc4c4ccc(-c5cccc6cccnc56)cc43)c3nc(-c4ccccc4-c4ccccc4)sc3c2)nc1. The molecule has 0 aliphatic carbocycles. The van der Waals surface area contributed by atoms with Crippen LogP contribution in [-0.2, 0) is 10.8 Å². The number of hydrogen-bond acceptors (Lipinski definition) is 4. The molecule has 4 aromatic heterocycles. The lowest BCUT2D eigenvalue weighted by Gasteiger charge is -2.19. The molecule has 0 spiro atoms. The molecule has 0 fully saturated rings. The second kappa shape index (κ2) is 13.6. The smallest absolute Gasteiger partial charge is 0.125 e. The van der Waals surface area contributed by atoms with Crippen LogP contribution < -0.4 is 0 Å². The van der Waals surface area contributed by atoms with Crippen molar-refractivity contribution in [3.05, 3.63) is 169 Å². The molecule has 6 aromatic carbocycles. The molecule has 10 rings (SSSR count). The van der Waals surface area contributed by atoms with Crippen molar-refractivity contribution < 1.29 is 0 Å². The molecule has 0 saturated heterocycles. The lowest BCUT2D eigenvalue weighted by Crippen LogP contribution is -2.11. The molecule has 0 aliphatic rings. The number of hydrogen-bond donors (Lipinski definition) is 0. The molecule has 0 radical (unpaired) electrons. The molecule has 0 bridgehead atoms. The maximum Gasteiger partial charge on any atom is 0.125 e. The Labute approximate surface area is 343 Å². The van der Waals surface area contributed by atoms with Gasteiger partial charge in [-0.15, -0.1) is 11.3 Å². The average molecular weight is 769 g/mol. The topological polar surface area (TPSA) is 43.6 Å². The summed E-state index contributed by atoms with van der Waals surface area (Å²) in [5.74, 6) is 0. The number of pyridine rings is 2. The first-order chi connectivity index (χ1) is 28.0. The molecule has 0 saturated carbocycles. The molecular weight excluding hydrogens is 725 g/mol. The van der Waals surface area contributed by atoms with Crippen molar-refractivity contribution in [3.63, 3.8) is 0 Å². The highest BCUT2D eigenvalue weighted by atomic mass is 32.1. The second-order valence-corrected chi connectivity index (χ2v) is 18.4. The van der Waals surface area contributed by atoms with Gasteiger partial charge in [0.25, 0.3) is 0 Å². The fraction of sp³-hybridized carbons (Fsp3) is 0.151. The summed E-state index contributed by atoms with van der Waals surface area (Å²) in [5, 5.41) is 4.54. The van der Waals surface area contributed by atoms with Crippen molar-refractivity contribution in [2.75, 3.05) is 0 Å². The first-order valence-electron chi connectivity index (χ1n) is 20.0. The van der Waals surface area contributed by atoms with E-state index >= 15 is 0 Å². The van der Waals surface area contributed by atoms with Gasteiger partial charge in [0.05, 0.1) is 32.6 Å². The third-order valence-electron chi connectivity index (χ3n) is 11.5. The van der Waals surface area contributed by atoms with Gasteiger partial charge in [0.2, 0.25) is 0 Å². The Balaban J connectivity index is 1.28. The van der Waals surface area contributed by atoms with Crippen LogP contribution in [0.1, 0.15) is 52.7 Å². The lowest BCUT2D eigenvalue weighted by molar-refractivity contribution is 0.587. The van der Waals surface area contributed by atoms with Gasteiger partial charge in [-0.25, -0.2) is 4.98 Å². The summed E-state index contributed by atoms with van der Waals surface area (Å²) in [6, 6.07) is 52.7. The van der Waals surface area contributed by atoms with Crippen molar-refractivity contribution in [2.45, 2.75) is 52.4 Å². The van der Waals surface area contributed by atoms with Crippen LogP contribution in [0.15, 0.2) is 158 Å². The van der Waals surface area contributed by atoms with Crippen LogP contribution in [0.2, 0.25) is 0 Å². The van der Waals surface area contributed by atoms with E-state index in [0.717, 1.165) is 70.8 Å². The largest absolute Gasteiger partial charge is 0.307 e. The minimum atomic E-state index is -0.00872. The van der Waals surface area contributed by atoms with Crippen LogP contribution >= 0.6 is 11.3 Å². The summed E-state index contributed by atoms with van der Waals surface area (Å²) in [6.45, 7) is 13.6. The summed E-state index contributed by atoms with van der Waals surface area (Å²) >= 11 is 1.74. The van der Waals surface area contributed by atoms with Gasteiger partial charge in [-0.2, -0.15) is 0 Å². The van der Waals surface area contributed by atoms with E-state index in [1.54, 1.807) is 11.3 Å². The standard InChI is InChI=1S/C53H44N4S/c1-52(2,3)37-23-26-45-43(31-37)41-24-21-35(40-20-12-16-34-17-13-27-54-49(34)40)28-46(41)57(45)47-29-36(44-25-22-38(32-55-44)53(4,5)6)30-48-50(47)56-51(58-48)42-19-11-10-18-39(42)33-14-8-7-9-15-33/h7-32H,1-6H3. The van der Waals surface area contributed by atoms with Crippen molar-refractivity contribution in [1.82, 2.24) is 19.5 Å². The zero-order valence-electron chi connectivity index (χ0n) is 33.7. The Hall–Kier alpha value is -6.43. The van der Waals surface area contributed by atoms with Crippen molar-refractivity contribution in [2.24, 2.45) is 0 Å². The molecule has 0 N–H and O–H groups in total. The minimum Gasteiger partial charge on any atom is -0.307 e. The number of thiazole rings is 1. The monoisotopic (exact) mass is 768 g/mol. The third-order valence-corrected chi connectivity index (χ3v) is 12.5. The summed E-state index contributed by atoms with van der Waals surface area (Å²) in [5.41, 5.74) is 15.5. The molecule has 4 nitrogen and oxygen atoms in total. The van der Waals surface area contributed by atoms with Crippen molar-refractivity contribution >= 4 is 54.3 Å². The van der Waals surface area contributed by atoms with Gasteiger partial charge in [0.15, 0.2) is 0 Å². The summed E-state index contributed by atoms with van der Waals surface area (Å²) < 4.78 is 3.56. The van der Waals surface area contributed by atoms with Gasteiger partial charge in [0, 0.05) is 45.2 Å². The Morgan fingerprint density at radius 2 is 1.24 bits per heavy atom. The molecule has 0 atom stereocenters. The van der Waals surface area contributed by atoms with E-state index in [4.69, 9.17) is 15.0 Å². The van der Waals surface area contributed by atoms with Crippen LogP contribution in [0.5, 0.6) is 0 Å². The van der Waals surface area contributed by atoms with Gasteiger partial charge in [-0.3, -0.25) is 9.97 Å².